The van der Waals surface area contributed by atoms with Gasteiger partial charge in [0.15, 0.2) is 0 Å². The highest BCUT2D eigenvalue weighted by molar-refractivity contribution is 5.87. The molecule has 1 fully saturated rings. The van der Waals surface area contributed by atoms with Crippen molar-refractivity contribution in [1.29, 1.82) is 0 Å². The molecule has 2 heteroatoms. The van der Waals surface area contributed by atoms with E-state index in [9.17, 15) is 9.90 Å². The zero-order valence-corrected chi connectivity index (χ0v) is 12.1. The van der Waals surface area contributed by atoms with Gasteiger partial charge >= 0.3 is 0 Å². The largest absolute Gasteiger partial charge is 0.508 e. The topological polar surface area (TPSA) is 37.3 Å². The van der Waals surface area contributed by atoms with Gasteiger partial charge in [0.05, 0.1) is 0 Å². The molecule has 0 spiro atoms. The van der Waals surface area contributed by atoms with Crippen molar-refractivity contribution in [3.8, 4) is 5.75 Å². The van der Waals surface area contributed by atoms with Crippen LogP contribution < -0.4 is 0 Å². The Morgan fingerprint density at radius 2 is 1.95 bits per heavy atom. The van der Waals surface area contributed by atoms with Crippen molar-refractivity contribution in [1.82, 2.24) is 0 Å². The van der Waals surface area contributed by atoms with Crippen LogP contribution in [0.4, 0.5) is 0 Å². The quantitative estimate of drug-likeness (QED) is 0.775. The van der Waals surface area contributed by atoms with Crippen LogP contribution in [0.15, 0.2) is 24.3 Å². The third kappa shape index (κ3) is 2.68. The number of aromatic hydroxyl groups is 1. The monoisotopic (exact) mass is 260 g/mol. The van der Waals surface area contributed by atoms with E-state index in [1.54, 1.807) is 6.07 Å². The summed E-state index contributed by atoms with van der Waals surface area (Å²) in [4.78, 5) is 12.3. The summed E-state index contributed by atoms with van der Waals surface area (Å²) in [5.41, 5.74) is 0.920. The fourth-order valence-corrected chi connectivity index (χ4v) is 3.27. The Balaban J connectivity index is 2.08. The summed E-state index contributed by atoms with van der Waals surface area (Å²) in [5, 5.41) is 9.96. The van der Waals surface area contributed by atoms with Gasteiger partial charge in [-0.3, -0.25) is 4.79 Å². The first kappa shape index (κ1) is 14.1. The second-order valence-corrected chi connectivity index (χ2v) is 6.26. The summed E-state index contributed by atoms with van der Waals surface area (Å²) >= 11 is 0. The van der Waals surface area contributed by atoms with Gasteiger partial charge in [-0.2, -0.15) is 0 Å². The van der Waals surface area contributed by atoms with E-state index in [2.05, 4.69) is 20.8 Å². The van der Waals surface area contributed by atoms with Gasteiger partial charge in [0.2, 0.25) is 0 Å². The van der Waals surface area contributed by atoms with Gasteiger partial charge in [-0.05, 0) is 23.5 Å². The maximum atomic E-state index is 12.3. The fourth-order valence-electron chi connectivity index (χ4n) is 3.27. The molecule has 1 aliphatic rings. The number of phenols is 1. The summed E-state index contributed by atoms with van der Waals surface area (Å²) < 4.78 is 0. The molecule has 0 bridgehead atoms. The van der Waals surface area contributed by atoms with Crippen LogP contribution in [-0.4, -0.2) is 10.9 Å². The summed E-state index contributed by atoms with van der Waals surface area (Å²) in [7, 11) is 0. The van der Waals surface area contributed by atoms with E-state index >= 15 is 0 Å². The van der Waals surface area contributed by atoms with Crippen LogP contribution in [0.3, 0.4) is 0 Å². The number of hydrogen-bond acceptors (Lipinski definition) is 2. The molecule has 19 heavy (non-hydrogen) atoms. The molecule has 0 aromatic heterocycles. The van der Waals surface area contributed by atoms with Crippen LogP contribution in [-0.2, 0) is 4.79 Å². The van der Waals surface area contributed by atoms with Crippen molar-refractivity contribution in [2.24, 2.45) is 11.3 Å². The number of ketones is 1. The first-order valence-corrected chi connectivity index (χ1v) is 7.30. The van der Waals surface area contributed by atoms with Crippen LogP contribution in [0.1, 0.15) is 57.9 Å². The Bertz CT molecular complexity index is 462. The third-order valence-electron chi connectivity index (χ3n) is 4.47. The number of rotatable bonds is 6. The summed E-state index contributed by atoms with van der Waals surface area (Å²) in [6.45, 7) is 6.41. The number of carbonyl (C=O) groups is 1. The first-order valence-electron chi connectivity index (χ1n) is 7.30. The lowest BCUT2D eigenvalue weighted by atomic mass is 10.0. The third-order valence-corrected chi connectivity index (χ3v) is 4.47. The molecule has 0 radical (unpaired) electrons. The molecule has 1 aromatic carbocycles. The molecule has 1 aromatic rings. The van der Waals surface area contributed by atoms with Crippen LogP contribution in [0.25, 0.3) is 0 Å². The molecule has 0 amide bonds. The lowest BCUT2D eigenvalue weighted by molar-refractivity contribution is -0.121. The Morgan fingerprint density at radius 1 is 1.26 bits per heavy atom. The van der Waals surface area contributed by atoms with Gasteiger partial charge in [0, 0.05) is 18.3 Å². The average molecular weight is 260 g/mol. The smallest absolute Gasteiger partial charge is 0.137 e. The van der Waals surface area contributed by atoms with Crippen LogP contribution in [0.5, 0.6) is 5.75 Å². The normalized spacial score (nSPS) is 24.2. The van der Waals surface area contributed by atoms with E-state index in [1.807, 2.05) is 18.2 Å². The molecule has 2 atom stereocenters. The zero-order chi connectivity index (χ0) is 14.0. The number of para-hydroxylation sites is 1. The molecule has 0 heterocycles. The van der Waals surface area contributed by atoms with Gasteiger partial charge in [-0.25, -0.2) is 0 Å². The number of hydrogen-bond donors (Lipinski definition) is 1. The van der Waals surface area contributed by atoms with Crippen LogP contribution in [0.2, 0.25) is 0 Å². The fraction of sp³-hybridized carbons (Fsp3) is 0.588. The van der Waals surface area contributed by atoms with Gasteiger partial charge in [-0.15, -0.1) is 0 Å². The van der Waals surface area contributed by atoms with Crippen molar-refractivity contribution in [3.05, 3.63) is 29.8 Å². The maximum absolute atomic E-state index is 12.3. The van der Waals surface area contributed by atoms with E-state index in [1.165, 1.54) is 0 Å². The van der Waals surface area contributed by atoms with Crippen LogP contribution in [0, 0.1) is 11.3 Å². The zero-order valence-electron chi connectivity index (χ0n) is 12.1. The highest BCUT2D eigenvalue weighted by Crippen LogP contribution is 2.66. The molecular formula is C17H24O2. The molecule has 0 saturated heterocycles. The van der Waals surface area contributed by atoms with E-state index in [0.717, 1.165) is 24.8 Å². The molecule has 0 aliphatic heterocycles. The minimum Gasteiger partial charge on any atom is -0.508 e. The van der Waals surface area contributed by atoms with Crippen LogP contribution >= 0.6 is 0 Å². The molecule has 1 saturated carbocycles. The predicted molar refractivity (Wildman–Crippen MR) is 77.3 cm³/mol. The van der Waals surface area contributed by atoms with Gasteiger partial charge < -0.3 is 5.11 Å². The minimum atomic E-state index is -0.0118. The Kier molecular flexibility index (Phi) is 3.98. The standard InChI is InChI=1S/C17H24O2/c1-4-5-6-11-14(19)16-15(17(16,2)3)12-9-7-8-10-13(12)18/h7-10,15-16,18H,4-6,11H2,1-3H3/t15-,16-/m0/s1. The Labute approximate surface area is 115 Å². The summed E-state index contributed by atoms with van der Waals surface area (Å²) in [6, 6.07) is 7.41. The highest BCUT2D eigenvalue weighted by Gasteiger charge is 2.61. The van der Waals surface area contributed by atoms with Gasteiger partial charge in [-0.1, -0.05) is 51.8 Å². The molecule has 0 unspecified atom stereocenters. The molecule has 104 valence electrons. The van der Waals surface area contributed by atoms with Crippen molar-refractivity contribution < 1.29 is 9.90 Å². The van der Waals surface area contributed by atoms with Gasteiger partial charge in [0.1, 0.15) is 11.5 Å². The van der Waals surface area contributed by atoms with E-state index in [-0.39, 0.29) is 17.3 Å². The van der Waals surface area contributed by atoms with E-state index in [0.29, 0.717) is 18.0 Å². The number of Topliss-reactive ketones (excluding diaryl/α,β-unsaturated/α-hetero) is 1. The van der Waals surface area contributed by atoms with Crippen molar-refractivity contribution >= 4 is 5.78 Å². The highest BCUT2D eigenvalue weighted by atomic mass is 16.3. The number of benzene rings is 1. The predicted octanol–water partition coefficient (Wildman–Crippen LogP) is 4.28. The summed E-state index contributed by atoms with van der Waals surface area (Å²) in [6.07, 6.45) is 3.95. The summed E-state index contributed by atoms with van der Waals surface area (Å²) in [5.74, 6) is 0.955. The number of unbranched alkanes of at least 4 members (excludes halogenated alkanes) is 2. The SMILES string of the molecule is CCCCCC(=O)[C@H]1[C@H](c2ccccc2O)C1(C)C. The minimum absolute atomic E-state index is 0.0118. The lowest BCUT2D eigenvalue weighted by Crippen LogP contribution is -2.05. The van der Waals surface area contributed by atoms with E-state index in [4.69, 9.17) is 0 Å². The number of phenolic OH excluding ortho intramolecular Hbond substituents is 1. The second kappa shape index (κ2) is 5.36. The lowest BCUT2D eigenvalue weighted by Gasteiger charge is -2.04. The van der Waals surface area contributed by atoms with Crippen molar-refractivity contribution in [2.45, 2.75) is 52.4 Å². The Morgan fingerprint density at radius 3 is 2.58 bits per heavy atom. The molecular weight excluding hydrogens is 236 g/mol. The average Bonchev–Trinajstić information content (AvgIpc) is 2.93. The number of carbonyl (C=O) groups excluding carboxylic acids is 1. The maximum Gasteiger partial charge on any atom is 0.137 e. The van der Waals surface area contributed by atoms with Gasteiger partial charge in [0.25, 0.3) is 0 Å². The Hall–Kier alpha value is -1.31. The molecule has 1 N–H and O–H groups in total. The van der Waals surface area contributed by atoms with Crippen molar-refractivity contribution in [3.63, 3.8) is 0 Å². The molecule has 2 rings (SSSR count). The molecule has 1 aliphatic carbocycles. The van der Waals surface area contributed by atoms with Crippen molar-refractivity contribution in [2.75, 3.05) is 0 Å². The van der Waals surface area contributed by atoms with E-state index < -0.39 is 0 Å². The second-order valence-electron chi connectivity index (χ2n) is 6.26. The first-order chi connectivity index (χ1) is 9.00. The molecule has 2 nitrogen and oxygen atoms in total.